The number of rotatable bonds is 1. The average Bonchev–Trinajstić information content (AvgIpc) is 2.30. The standard InChI is InChI=1S/C13H18O4/c1-16-12(15)10-8-4-3-7-17-13(8)6-2-5-9(14)11(10)13/h8,10-11H,2-7H2,1H3/t8-,10+,11-,13-/m0/s1. The molecule has 4 heteroatoms. The van der Waals surface area contributed by atoms with E-state index in [9.17, 15) is 9.59 Å². The van der Waals surface area contributed by atoms with Gasteiger partial charge in [-0.15, -0.1) is 0 Å². The quantitative estimate of drug-likeness (QED) is 0.647. The number of ether oxygens (including phenoxy) is 2. The van der Waals surface area contributed by atoms with Crippen molar-refractivity contribution in [1.82, 2.24) is 0 Å². The molecule has 3 aliphatic rings. The van der Waals surface area contributed by atoms with Crippen LogP contribution in [0.1, 0.15) is 32.1 Å². The van der Waals surface area contributed by atoms with Crippen molar-refractivity contribution in [2.45, 2.75) is 37.7 Å². The van der Waals surface area contributed by atoms with Crippen LogP contribution in [0.3, 0.4) is 0 Å². The second kappa shape index (κ2) is 3.80. The Balaban J connectivity index is 1.92. The van der Waals surface area contributed by atoms with Crippen LogP contribution in [0.4, 0.5) is 0 Å². The lowest BCUT2D eigenvalue weighted by Crippen LogP contribution is -2.71. The Morgan fingerprint density at radius 2 is 2.29 bits per heavy atom. The molecule has 0 unspecified atom stereocenters. The Labute approximate surface area is 101 Å². The number of esters is 1. The Bertz CT molecular complexity index is 360. The first-order valence-corrected chi connectivity index (χ1v) is 6.45. The number of carbonyl (C=O) groups is 2. The lowest BCUT2D eigenvalue weighted by Gasteiger charge is -2.62. The van der Waals surface area contributed by atoms with Crippen LogP contribution in [0.2, 0.25) is 0 Å². The summed E-state index contributed by atoms with van der Waals surface area (Å²) in [6.07, 6.45) is 4.40. The molecule has 1 spiro atoms. The summed E-state index contributed by atoms with van der Waals surface area (Å²) in [6.45, 7) is 0.730. The van der Waals surface area contributed by atoms with Gasteiger partial charge in [-0.2, -0.15) is 0 Å². The summed E-state index contributed by atoms with van der Waals surface area (Å²) >= 11 is 0. The van der Waals surface area contributed by atoms with E-state index in [1.165, 1.54) is 7.11 Å². The van der Waals surface area contributed by atoms with Crippen molar-refractivity contribution in [2.24, 2.45) is 17.8 Å². The maximum atomic E-state index is 12.0. The van der Waals surface area contributed by atoms with Crippen molar-refractivity contribution >= 4 is 11.8 Å². The van der Waals surface area contributed by atoms with Crippen molar-refractivity contribution in [3.63, 3.8) is 0 Å². The molecular formula is C13H18O4. The highest BCUT2D eigenvalue weighted by molar-refractivity contribution is 5.91. The molecule has 0 bridgehead atoms. The Morgan fingerprint density at radius 1 is 1.47 bits per heavy atom. The second-order valence-electron chi connectivity index (χ2n) is 5.40. The first-order valence-electron chi connectivity index (χ1n) is 6.45. The minimum absolute atomic E-state index is 0.199. The Kier molecular flexibility index (Phi) is 2.51. The van der Waals surface area contributed by atoms with Crippen LogP contribution >= 0.6 is 0 Å². The first kappa shape index (κ1) is 11.2. The van der Waals surface area contributed by atoms with Gasteiger partial charge in [0.05, 0.1) is 24.5 Å². The van der Waals surface area contributed by atoms with Gasteiger partial charge in [0, 0.05) is 18.9 Å². The molecule has 0 amide bonds. The van der Waals surface area contributed by atoms with Gasteiger partial charge in [-0.05, 0) is 25.7 Å². The van der Waals surface area contributed by atoms with E-state index in [0.29, 0.717) is 6.42 Å². The van der Waals surface area contributed by atoms with E-state index in [1.54, 1.807) is 0 Å². The summed E-state index contributed by atoms with van der Waals surface area (Å²) in [5, 5.41) is 0. The summed E-state index contributed by atoms with van der Waals surface area (Å²) < 4.78 is 10.8. The molecule has 94 valence electrons. The number of carbonyl (C=O) groups excluding carboxylic acids is 2. The smallest absolute Gasteiger partial charge is 0.309 e. The van der Waals surface area contributed by atoms with Gasteiger partial charge in [-0.25, -0.2) is 0 Å². The molecular weight excluding hydrogens is 220 g/mol. The zero-order valence-corrected chi connectivity index (χ0v) is 10.1. The molecule has 4 nitrogen and oxygen atoms in total. The van der Waals surface area contributed by atoms with E-state index in [1.807, 2.05) is 0 Å². The van der Waals surface area contributed by atoms with Crippen molar-refractivity contribution < 1.29 is 19.1 Å². The van der Waals surface area contributed by atoms with Crippen LogP contribution in [0.15, 0.2) is 0 Å². The van der Waals surface area contributed by atoms with Crippen molar-refractivity contribution in [1.29, 1.82) is 0 Å². The Hall–Kier alpha value is -0.900. The van der Waals surface area contributed by atoms with E-state index in [2.05, 4.69) is 0 Å². The molecule has 2 saturated carbocycles. The number of hydrogen-bond acceptors (Lipinski definition) is 4. The van der Waals surface area contributed by atoms with Gasteiger partial charge in [0.1, 0.15) is 5.78 Å². The van der Waals surface area contributed by atoms with Crippen molar-refractivity contribution in [2.75, 3.05) is 13.7 Å². The molecule has 0 N–H and O–H groups in total. The highest BCUT2D eigenvalue weighted by Crippen LogP contribution is 2.60. The van der Waals surface area contributed by atoms with Gasteiger partial charge in [-0.3, -0.25) is 9.59 Å². The van der Waals surface area contributed by atoms with Crippen LogP contribution in [0.5, 0.6) is 0 Å². The van der Waals surface area contributed by atoms with Crippen LogP contribution < -0.4 is 0 Å². The van der Waals surface area contributed by atoms with Crippen LogP contribution in [-0.4, -0.2) is 31.1 Å². The number of methoxy groups -OCH3 is 1. The number of hydrogen-bond donors (Lipinski definition) is 0. The monoisotopic (exact) mass is 238 g/mol. The van der Waals surface area contributed by atoms with Crippen LogP contribution in [0.25, 0.3) is 0 Å². The zero-order chi connectivity index (χ0) is 12.0. The SMILES string of the molecule is COC(=O)[C@@H]1[C@@H]2CCCO[C@@]23CCCC(=O)[C@@H]13. The Morgan fingerprint density at radius 3 is 3.06 bits per heavy atom. The van der Waals surface area contributed by atoms with Gasteiger partial charge in [0.15, 0.2) is 0 Å². The summed E-state index contributed by atoms with van der Waals surface area (Å²) in [5.74, 6) is -0.291. The normalized spacial score (nSPS) is 44.3. The van der Waals surface area contributed by atoms with E-state index < -0.39 is 0 Å². The predicted octanol–water partition coefficient (Wildman–Crippen LogP) is 1.32. The van der Waals surface area contributed by atoms with Crippen molar-refractivity contribution in [3.8, 4) is 0 Å². The van der Waals surface area contributed by atoms with Crippen LogP contribution in [0, 0.1) is 17.8 Å². The van der Waals surface area contributed by atoms with E-state index in [-0.39, 0.29) is 35.1 Å². The topological polar surface area (TPSA) is 52.6 Å². The largest absolute Gasteiger partial charge is 0.469 e. The molecule has 0 aromatic carbocycles. The van der Waals surface area contributed by atoms with Gasteiger partial charge in [0.25, 0.3) is 0 Å². The maximum Gasteiger partial charge on any atom is 0.309 e. The highest BCUT2D eigenvalue weighted by atomic mass is 16.5. The molecule has 0 radical (unpaired) electrons. The van der Waals surface area contributed by atoms with E-state index >= 15 is 0 Å². The fourth-order valence-corrected chi connectivity index (χ4v) is 4.16. The third-order valence-corrected chi connectivity index (χ3v) is 4.79. The van der Waals surface area contributed by atoms with Gasteiger partial charge < -0.3 is 9.47 Å². The van der Waals surface area contributed by atoms with E-state index in [4.69, 9.17) is 9.47 Å². The minimum atomic E-state index is -0.313. The molecule has 4 atom stereocenters. The van der Waals surface area contributed by atoms with Gasteiger partial charge in [-0.1, -0.05) is 0 Å². The highest BCUT2D eigenvalue weighted by Gasteiger charge is 2.69. The number of Topliss-reactive ketones (excluding diaryl/α,β-unsaturated/α-hetero) is 1. The molecule has 3 rings (SSSR count). The predicted molar refractivity (Wildman–Crippen MR) is 59.3 cm³/mol. The fraction of sp³-hybridized carbons (Fsp3) is 0.846. The lowest BCUT2D eigenvalue weighted by atomic mass is 9.46. The number of ketones is 1. The molecule has 3 fully saturated rings. The molecule has 0 aromatic rings. The minimum Gasteiger partial charge on any atom is -0.469 e. The molecule has 0 aromatic heterocycles. The maximum absolute atomic E-state index is 12.0. The lowest BCUT2D eigenvalue weighted by molar-refractivity contribution is -0.259. The van der Waals surface area contributed by atoms with E-state index in [0.717, 1.165) is 32.3 Å². The van der Waals surface area contributed by atoms with Crippen LogP contribution in [-0.2, 0) is 19.1 Å². The van der Waals surface area contributed by atoms with Gasteiger partial charge >= 0.3 is 5.97 Å². The third-order valence-electron chi connectivity index (χ3n) is 4.79. The zero-order valence-electron chi connectivity index (χ0n) is 10.1. The first-order chi connectivity index (χ1) is 8.20. The fourth-order valence-electron chi connectivity index (χ4n) is 4.16. The molecule has 1 aliphatic heterocycles. The molecule has 1 saturated heterocycles. The summed E-state index contributed by atoms with van der Waals surface area (Å²) in [7, 11) is 1.40. The third kappa shape index (κ3) is 1.33. The molecule has 17 heavy (non-hydrogen) atoms. The summed E-state index contributed by atoms with van der Waals surface area (Å²) in [6, 6.07) is 0. The van der Waals surface area contributed by atoms with Crippen molar-refractivity contribution in [3.05, 3.63) is 0 Å². The summed E-state index contributed by atoms with van der Waals surface area (Å²) in [5.41, 5.74) is -0.313. The van der Waals surface area contributed by atoms with Gasteiger partial charge in [0.2, 0.25) is 0 Å². The summed E-state index contributed by atoms with van der Waals surface area (Å²) in [4.78, 5) is 23.9. The average molecular weight is 238 g/mol. The second-order valence-corrected chi connectivity index (χ2v) is 5.40. The molecule has 2 aliphatic carbocycles. The molecule has 1 heterocycles.